The number of rotatable bonds is 6. The first-order chi connectivity index (χ1) is 9.03. The molecule has 0 fully saturated rings. The van der Waals surface area contributed by atoms with Crippen LogP contribution in [0.3, 0.4) is 0 Å². The Kier molecular flexibility index (Phi) is 4.40. The minimum absolute atomic E-state index is 0.0485. The zero-order valence-electron chi connectivity index (χ0n) is 9.89. The SMILES string of the molecule is NCc1cc(S(=O)(=O)NCCc2ncc[nH]2)c(Br)o1. The minimum Gasteiger partial charge on any atom is -0.452 e. The second kappa shape index (κ2) is 5.87. The molecular weight excluding hydrogens is 336 g/mol. The van der Waals surface area contributed by atoms with Gasteiger partial charge in [0.2, 0.25) is 10.0 Å². The third-order valence-electron chi connectivity index (χ3n) is 2.41. The highest BCUT2D eigenvalue weighted by atomic mass is 79.9. The fraction of sp³-hybridized carbons (Fsp3) is 0.300. The lowest BCUT2D eigenvalue weighted by atomic mass is 10.4. The lowest BCUT2D eigenvalue weighted by Gasteiger charge is -2.03. The maximum absolute atomic E-state index is 12.0. The van der Waals surface area contributed by atoms with Crippen LogP contribution in [0.15, 0.2) is 32.4 Å². The molecule has 9 heteroatoms. The van der Waals surface area contributed by atoms with Crippen LogP contribution in [0.2, 0.25) is 0 Å². The molecule has 0 saturated carbocycles. The summed E-state index contributed by atoms with van der Waals surface area (Å²) >= 11 is 3.06. The Bertz CT molecular complexity index is 636. The smallest absolute Gasteiger partial charge is 0.244 e. The van der Waals surface area contributed by atoms with Gasteiger partial charge in [-0.15, -0.1) is 0 Å². The Balaban J connectivity index is 2.03. The van der Waals surface area contributed by atoms with Gasteiger partial charge in [-0.3, -0.25) is 0 Å². The van der Waals surface area contributed by atoms with Gasteiger partial charge in [0.25, 0.3) is 0 Å². The Morgan fingerprint density at radius 2 is 2.32 bits per heavy atom. The molecule has 19 heavy (non-hydrogen) atoms. The molecule has 0 bridgehead atoms. The molecule has 0 saturated heterocycles. The number of hydrogen-bond acceptors (Lipinski definition) is 5. The molecule has 104 valence electrons. The molecule has 0 atom stereocenters. The van der Waals surface area contributed by atoms with E-state index in [1.165, 1.54) is 6.07 Å². The van der Waals surface area contributed by atoms with Crippen molar-refractivity contribution in [2.75, 3.05) is 6.54 Å². The molecule has 0 aliphatic carbocycles. The van der Waals surface area contributed by atoms with Gasteiger partial charge in [-0.2, -0.15) is 0 Å². The quantitative estimate of drug-likeness (QED) is 0.712. The van der Waals surface area contributed by atoms with Crippen molar-refractivity contribution in [3.05, 3.63) is 34.7 Å². The Hall–Kier alpha value is -1.16. The van der Waals surface area contributed by atoms with E-state index < -0.39 is 10.0 Å². The molecule has 0 radical (unpaired) electrons. The Morgan fingerprint density at radius 1 is 1.53 bits per heavy atom. The molecule has 4 N–H and O–H groups in total. The average molecular weight is 349 g/mol. The van der Waals surface area contributed by atoms with E-state index in [4.69, 9.17) is 10.2 Å². The van der Waals surface area contributed by atoms with Gasteiger partial charge in [-0.25, -0.2) is 18.1 Å². The van der Waals surface area contributed by atoms with Gasteiger partial charge in [-0.1, -0.05) is 0 Å². The van der Waals surface area contributed by atoms with Crippen molar-refractivity contribution < 1.29 is 12.8 Å². The van der Waals surface area contributed by atoms with Gasteiger partial charge in [-0.05, 0) is 15.9 Å². The Labute approximate surface area is 118 Å². The maximum Gasteiger partial charge on any atom is 0.244 e. The summed E-state index contributed by atoms with van der Waals surface area (Å²) in [6.45, 7) is 0.381. The summed E-state index contributed by atoms with van der Waals surface area (Å²) in [6, 6.07) is 1.40. The van der Waals surface area contributed by atoms with Crippen LogP contribution in [0.4, 0.5) is 0 Å². The van der Waals surface area contributed by atoms with E-state index in [9.17, 15) is 8.42 Å². The molecular formula is C10H13BrN4O3S. The van der Waals surface area contributed by atoms with Gasteiger partial charge in [0, 0.05) is 31.4 Å². The van der Waals surface area contributed by atoms with E-state index in [1.807, 2.05) is 0 Å². The standard InChI is InChI=1S/C10H13BrN4O3S/c11-10-8(5-7(6-12)18-10)19(16,17)15-2-1-9-13-3-4-14-9/h3-5,15H,1-2,6,12H2,(H,13,14). The summed E-state index contributed by atoms with van der Waals surface area (Å²) in [5.74, 6) is 1.12. The zero-order valence-corrected chi connectivity index (χ0v) is 12.3. The first-order valence-electron chi connectivity index (χ1n) is 5.49. The first-order valence-corrected chi connectivity index (χ1v) is 7.77. The second-order valence-electron chi connectivity index (χ2n) is 3.74. The van der Waals surface area contributed by atoms with Gasteiger partial charge >= 0.3 is 0 Å². The summed E-state index contributed by atoms with van der Waals surface area (Å²) in [6.07, 6.45) is 3.78. The van der Waals surface area contributed by atoms with Crippen molar-refractivity contribution in [1.82, 2.24) is 14.7 Å². The van der Waals surface area contributed by atoms with Crippen LogP contribution in [0.25, 0.3) is 0 Å². The van der Waals surface area contributed by atoms with Gasteiger partial charge in [0.05, 0.1) is 6.54 Å². The lowest BCUT2D eigenvalue weighted by molar-refractivity contribution is 0.483. The number of nitrogens with two attached hydrogens (primary N) is 1. The number of sulfonamides is 1. The number of imidazole rings is 1. The van der Waals surface area contributed by atoms with Crippen molar-refractivity contribution in [3.63, 3.8) is 0 Å². The topological polar surface area (TPSA) is 114 Å². The van der Waals surface area contributed by atoms with E-state index in [2.05, 4.69) is 30.6 Å². The van der Waals surface area contributed by atoms with Crippen LogP contribution in [0.5, 0.6) is 0 Å². The predicted octanol–water partition coefficient (Wildman–Crippen LogP) is 0.745. The lowest BCUT2D eigenvalue weighted by Crippen LogP contribution is -2.26. The van der Waals surface area contributed by atoms with Crippen molar-refractivity contribution in [2.24, 2.45) is 5.73 Å². The van der Waals surface area contributed by atoms with Crippen LogP contribution in [0.1, 0.15) is 11.6 Å². The highest BCUT2D eigenvalue weighted by molar-refractivity contribution is 9.10. The third kappa shape index (κ3) is 3.44. The monoisotopic (exact) mass is 348 g/mol. The van der Waals surface area contributed by atoms with E-state index in [0.717, 1.165) is 5.82 Å². The molecule has 0 amide bonds. The molecule has 2 aromatic rings. The Morgan fingerprint density at radius 3 is 2.89 bits per heavy atom. The highest BCUT2D eigenvalue weighted by Gasteiger charge is 2.21. The number of halogens is 1. The fourth-order valence-electron chi connectivity index (χ4n) is 1.50. The van der Waals surface area contributed by atoms with Crippen molar-refractivity contribution in [1.29, 1.82) is 0 Å². The molecule has 0 aliphatic heterocycles. The maximum atomic E-state index is 12.0. The summed E-state index contributed by atoms with van der Waals surface area (Å²) < 4.78 is 31.9. The van der Waals surface area contributed by atoms with Crippen LogP contribution >= 0.6 is 15.9 Å². The summed E-state index contributed by atoms with van der Waals surface area (Å²) in [4.78, 5) is 6.95. The highest BCUT2D eigenvalue weighted by Crippen LogP contribution is 2.25. The van der Waals surface area contributed by atoms with Crippen LogP contribution in [-0.4, -0.2) is 24.9 Å². The number of aromatic nitrogens is 2. The van der Waals surface area contributed by atoms with Crippen molar-refractivity contribution >= 4 is 26.0 Å². The van der Waals surface area contributed by atoms with Crippen molar-refractivity contribution in [3.8, 4) is 0 Å². The molecule has 0 aromatic carbocycles. The van der Waals surface area contributed by atoms with E-state index in [-0.39, 0.29) is 22.7 Å². The van der Waals surface area contributed by atoms with Crippen LogP contribution in [0, 0.1) is 0 Å². The third-order valence-corrected chi connectivity index (χ3v) is 4.72. The number of aromatic amines is 1. The van der Waals surface area contributed by atoms with Crippen LogP contribution in [-0.2, 0) is 23.0 Å². The summed E-state index contributed by atoms with van der Waals surface area (Å²) in [7, 11) is -3.62. The number of nitrogens with one attached hydrogen (secondary N) is 2. The number of nitrogens with zero attached hydrogens (tertiary/aromatic N) is 1. The molecule has 2 rings (SSSR count). The number of H-pyrrole nitrogens is 1. The van der Waals surface area contributed by atoms with Crippen molar-refractivity contribution in [2.45, 2.75) is 17.9 Å². The van der Waals surface area contributed by atoms with Gasteiger partial charge in [0.15, 0.2) is 4.67 Å². The molecule has 7 nitrogen and oxygen atoms in total. The first kappa shape index (κ1) is 14.3. The fourth-order valence-corrected chi connectivity index (χ4v) is 3.53. The molecule has 0 aliphatic rings. The summed E-state index contributed by atoms with van der Waals surface area (Å²) in [5, 5.41) is 0. The van der Waals surface area contributed by atoms with E-state index in [0.29, 0.717) is 12.2 Å². The molecule has 0 spiro atoms. The minimum atomic E-state index is -3.62. The zero-order chi connectivity index (χ0) is 13.9. The normalized spacial score (nSPS) is 11.9. The predicted molar refractivity (Wildman–Crippen MR) is 71.8 cm³/mol. The van der Waals surface area contributed by atoms with E-state index >= 15 is 0 Å². The summed E-state index contributed by atoms with van der Waals surface area (Å²) in [5.41, 5.74) is 5.40. The molecule has 2 heterocycles. The van der Waals surface area contributed by atoms with Gasteiger partial charge in [0.1, 0.15) is 16.5 Å². The molecule has 2 aromatic heterocycles. The van der Waals surface area contributed by atoms with E-state index in [1.54, 1.807) is 12.4 Å². The molecule has 0 unspecified atom stereocenters. The number of hydrogen-bond donors (Lipinski definition) is 3. The van der Waals surface area contributed by atoms with Gasteiger partial charge < -0.3 is 15.1 Å². The second-order valence-corrected chi connectivity index (χ2v) is 6.19. The largest absolute Gasteiger partial charge is 0.452 e. The average Bonchev–Trinajstić information content (AvgIpc) is 2.98. The van der Waals surface area contributed by atoms with Crippen LogP contribution < -0.4 is 10.5 Å². The number of furan rings is 1.